The number of sulfonamides is 1. The third-order valence-corrected chi connectivity index (χ3v) is 4.19. The summed E-state index contributed by atoms with van der Waals surface area (Å²) in [6.07, 6.45) is 1.10. The Morgan fingerprint density at radius 2 is 1.80 bits per heavy atom. The maximum atomic E-state index is 12.3. The van der Waals surface area contributed by atoms with Crippen LogP contribution in [0.15, 0.2) is 30.3 Å². The van der Waals surface area contributed by atoms with E-state index in [1.165, 1.54) is 7.05 Å². The van der Waals surface area contributed by atoms with Gasteiger partial charge in [-0.1, -0.05) is 44.2 Å². The van der Waals surface area contributed by atoms with Gasteiger partial charge in [0.25, 0.3) is 0 Å². The molecular weight excluding hydrogens is 276 g/mol. The van der Waals surface area contributed by atoms with Crippen LogP contribution >= 0.6 is 0 Å². The first kappa shape index (κ1) is 16.7. The monoisotopic (exact) mass is 298 g/mol. The average molecular weight is 298 g/mol. The SMILES string of the molecule is CC(C)CNC(=O)[C@H](c1ccccc1)N(C)S(C)(=O)=O. The van der Waals surface area contributed by atoms with Gasteiger partial charge in [0, 0.05) is 13.6 Å². The lowest BCUT2D eigenvalue weighted by atomic mass is 10.1. The van der Waals surface area contributed by atoms with Crippen molar-refractivity contribution in [3.05, 3.63) is 35.9 Å². The second-order valence-corrected chi connectivity index (χ2v) is 7.27. The molecule has 1 amide bonds. The summed E-state index contributed by atoms with van der Waals surface area (Å²) in [5.74, 6) is -0.00302. The normalized spacial score (nSPS) is 13.5. The quantitative estimate of drug-likeness (QED) is 0.863. The summed E-state index contributed by atoms with van der Waals surface area (Å²) in [6, 6.07) is 8.06. The predicted octanol–water partition coefficient (Wildman–Crippen LogP) is 1.39. The van der Waals surface area contributed by atoms with Crippen LogP contribution in [-0.4, -0.2) is 38.5 Å². The molecule has 0 fully saturated rings. The van der Waals surface area contributed by atoms with Gasteiger partial charge in [0.1, 0.15) is 6.04 Å². The number of carbonyl (C=O) groups is 1. The molecule has 1 atom stereocenters. The zero-order valence-electron chi connectivity index (χ0n) is 12.3. The summed E-state index contributed by atoms with van der Waals surface area (Å²) in [7, 11) is -2.04. The Hall–Kier alpha value is -1.40. The molecule has 0 aliphatic carbocycles. The van der Waals surface area contributed by atoms with Gasteiger partial charge < -0.3 is 5.32 Å². The molecule has 0 aliphatic rings. The molecule has 1 N–H and O–H groups in total. The molecule has 1 rings (SSSR count). The van der Waals surface area contributed by atoms with Gasteiger partial charge in [-0.2, -0.15) is 4.31 Å². The van der Waals surface area contributed by atoms with Crippen LogP contribution in [-0.2, 0) is 14.8 Å². The Morgan fingerprint density at radius 1 is 1.25 bits per heavy atom. The highest BCUT2D eigenvalue weighted by Gasteiger charge is 2.30. The molecule has 0 saturated carbocycles. The number of amides is 1. The second kappa shape index (κ2) is 6.85. The molecule has 0 heterocycles. The van der Waals surface area contributed by atoms with Crippen LogP contribution in [0.4, 0.5) is 0 Å². The topological polar surface area (TPSA) is 66.5 Å². The van der Waals surface area contributed by atoms with E-state index in [1.54, 1.807) is 24.3 Å². The summed E-state index contributed by atoms with van der Waals surface area (Å²) in [6.45, 7) is 4.48. The summed E-state index contributed by atoms with van der Waals surface area (Å²) in [4.78, 5) is 12.3. The van der Waals surface area contributed by atoms with E-state index in [-0.39, 0.29) is 5.91 Å². The van der Waals surface area contributed by atoms with Crippen molar-refractivity contribution in [3.8, 4) is 0 Å². The van der Waals surface area contributed by atoms with Gasteiger partial charge in [0.2, 0.25) is 15.9 Å². The van der Waals surface area contributed by atoms with Crippen molar-refractivity contribution in [2.45, 2.75) is 19.9 Å². The van der Waals surface area contributed by atoms with E-state index in [9.17, 15) is 13.2 Å². The largest absolute Gasteiger partial charge is 0.354 e. The fourth-order valence-corrected chi connectivity index (χ4v) is 2.36. The number of rotatable bonds is 6. The number of hydrogen-bond donors (Lipinski definition) is 1. The highest BCUT2D eigenvalue weighted by molar-refractivity contribution is 7.88. The Labute approximate surface area is 121 Å². The third-order valence-electron chi connectivity index (χ3n) is 2.93. The number of nitrogens with one attached hydrogen (secondary N) is 1. The Bertz CT molecular complexity index is 541. The van der Waals surface area contributed by atoms with Gasteiger partial charge in [0.05, 0.1) is 6.26 Å². The molecule has 0 spiro atoms. The number of hydrogen-bond acceptors (Lipinski definition) is 3. The lowest BCUT2D eigenvalue weighted by Gasteiger charge is -2.26. The summed E-state index contributed by atoms with van der Waals surface area (Å²) in [5.41, 5.74) is 0.654. The van der Waals surface area contributed by atoms with E-state index in [1.807, 2.05) is 19.9 Å². The van der Waals surface area contributed by atoms with E-state index in [4.69, 9.17) is 0 Å². The maximum absolute atomic E-state index is 12.3. The molecule has 0 bridgehead atoms. The van der Waals surface area contributed by atoms with Crippen LogP contribution in [0.25, 0.3) is 0 Å². The first-order valence-electron chi connectivity index (χ1n) is 6.49. The Balaban J connectivity index is 3.06. The molecule has 6 heteroatoms. The van der Waals surface area contributed by atoms with Gasteiger partial charge in [-0.3, -0.25) is 4.79 Å². The van der Waals surface area contributed by atoms with Crippen molar-refractivity contribution in [2.24, 2.45) is 5.92 Å². The zero-order chi connectivity index (χ0) is 15.3. The third kappa shape index (κ3) is 4.61. The molecule has 0 unspecified atom stereocenters. The summed E-state index contributed by atoms with van der Waals surface area (Å²) >= 11 is 0. The highest BCUT2D eigenvalue weighted by atomic mass is 32.2. The minimum absolute atomic E-state index is 0.305. The average Bonchev–Trinajstić information content (AvgIpc) is 2.36. The number of nitrogens with zero attached hydrogens (tertiary/aromatic N) is 1. The summed E-state index contributed by atoms with van der Waals surface area (Å²) < 4.78 is 24.6. The van der Waals surface area contributed by atoms with Crippen LogP contribution in [0, 0.1) is 5.92 Å². The van der Waals surface area contributed by atoms with Gasteiger partial charge in [-0.25, -0.2) is 8.42 Å². The summed E-state index contributed by atoms with van der Waals surface area (Å²) in [5, 5.41) is 2.79. The molecule has 112 valence electrons. The molecule has 5 nitrogen and oxygen atoms in total. The van der Waals surface area contributed by atoms with E-state index in [0.717, 1.165) is 10.6 Å². The molecule has 1 aromatic rings. The van der Waals surface area contributed by atoms with Crippen molar-refractivity contribution >= 4 is 15.9 Å². The Morgan fingerprint density at radius 3 is 2.25 bits per heavy atom. The smallest absolute Gasteiger partial charge is 0.242 e. The zero-order valence-corrected chi connectivity index (χ0v) is 13.1. The van der Waals surface area contributed by atoms with Gasteiger partial charge in [-0.05, 0) is 11.5 Å². The van der Waals surface area contributed by atoms with Crippen LogP contribution in [0.3, 0.4) is 0 Å². The number of likely N-dealkylation sites (N-methyl/N-ethyl adjacent to an activating group) is 1. The lowest BCUT2D eigenvalue weighted by molar-refractivity contribution is -0.124. The molecular formula is C14H22N2O3S. The van der Waals surface area contributed by atoms with Crippen LogP contribution in [0.5, 0.6) is 0 Å². The number of carbonyl (C=O) groups excluding carboxylic acids is 1. The fraction of sp³-hybridized carbons (Fsp3) is 0.500. The van der Waals surface area contributed by atoms with Crippen molar-refractivity contribution in [1.82, 2.24) is 9.62 Å². The van der Waals surface area contributed by atoms with Crippen LogP contribution in [0.2, 0.25) is 0 Å². The molecule has 0 aromatic heterocycles. The highest BCUT2D eigenvalue weighted by Crippen LogP contribution is 2.21. The molecule has 0 saturated heterocycles. The van der Waals surface area contributed by atoms with E-state index in [0.29, 0.717) is 18.0 Å². The van der Waals surface area contributed by atoms with Gasteiger partial charge in [0.15, 0.2) is 0 Å². The predicted molar refractivity (Wildman–Crippen MR) is 79.6 cm³/mol. The van der Waals surface area contributed by atoms with Crippen LogP contribution in [0.1, 0.15) is 25.5 Å². The molecule has 1 aromatic carbocycles. The minimum Gasteiger partial charge on any atom is -0.354 e. The minimum atomic E-state index is -3.46. The van der Waals surface area contributed by atoms with Crippen molar-refractivity contribution in [1.29, 1.82) is 0 Å². The van der Waals surface area contributed by atoms with Crippen molar-refractivity contribution in [2.75, 3.05) is 19.8 Å². The van der Waals surface area contributed by atoms with Gasteiger partial charge in [-0.15, -0.1) is 0 Å². The van der Waals surface area contributed by atoms with E-state index in [2.05, 4.69) is 5.32 Å². The standard InChI is InChI=1S/C14H22N2O3S/c1-11(2)10-15-14(17)13(16(3)20(4,18)19)12-8-6-5-7-9-12/h5-9,11,13H,10H2,1-4H3,(H,15,17)/t13-/m0/s1. The Kier molecular flexibility index (Phi) is 5.71. The molecule has 20 heavy (non-hydrogen) atoms. The lowest BCUT2D eigenvalue weighted by Crippen LogP contribution is -2.42. The number of benzene rings is 1. The van der Waals surface area contributed by atoms with Gasteiger partial charge >= 0.3 is 0 Å². The first-order valence-corrected chi connectivity index (χ1v) is 8.34. The fourth-order valence-electron chi connectivity index (χ4n) is 1.75. The second-order valence-electron chi connectivity index (χ2n) is 5.23. The molecule has 0 radical (unpaired) electrons. The van der Waals surface area contributed by atoms with E-state index >= 15 is 0 Å². The van der Waals surface area contributed by atoms with Crippen molar-refractivity contribution in [3.63, 3.8) is 0 Å². The van der Waals surface area contributed by atoms with E-state index < -0.39 is 16.1 Å². The van der Waals surface area contributed by atoms with Crippen LogP contribution < -0.4 is 5.32 Å². The maximum Gasteiger partial charge on any atom is 0.242 e. The first-order chi connectivity index (χ1) is 9.23. The van der Waals surface area contributed by atoms with Crippen molar-refractivity contribution < 1.29 is 13.2 Å². The molecule has 0 aliphatic heterocycles.